The molecular formula is C15H18N2O2. The van der Waals surface area contributed by atoms with Crippen LogP contribution < -0.4 is 4.74 Å². The predicted molar refractivity (Wildman–Crippen MR) is 72.1 cm³/mol. The third-order valence-corrected chi connectivity index (χ3v) is 3.73. The van der Waals surface area contributed by atoms with E-state index < -0.39 is 0 Å². The zero-order chi connectivity index (χ0) is 13.2. The van der Waals surface area contributed by atoms with E-state index in [0.29, 0.717) is 6.61 Å². The third kappa shape index (κ3) is 2.36. The van der Waals surface area contributed by atoms with E-state index in [9.17, 15) is 5.11 Å². The minimum Gasteiger partial charge on any atom is -0.493 e. The summed E-state index contributed by atoms with van der Waals surface area (Å²) in [7, 11) is 1.94. The normalized spacial score (nSPS) is 17.5. The van der Waals surface area contributed by atoms with E-state index in [4.69, 9.17) is 4.74 Å². The molecule has 1 N–H and O–H groups in total. The summed E-state index contributed by atoms with van der Waals surface area (Å²) in [6.45, 7) is 0.631. The number of rotatable bonds is 4. The molecule has 0 amide bonds. The molecule has 4 heteroatoms. The molecule has 4 nitrogen and oxygen atoms in total. The van der Waals surface area contributed by atoms with Crippen LogP contribution in [0.5, 0.6) is 5.75 Å². The van der Waals surface area contributed by atoms with Crippen LogP contribution in [0.4, 0.5) is 0 Å². The fourth-order valence-corrected chi connectivity index (χ4v) is 2.65. The molecule has 0 bridgehead atoms. The third-order valence-electron chi connectivity index (χ3n) is 3.73. The largest absolute Gasteiger partial charge is 0.493 e. The lowest BCUT2D eigenvalue weighted by Crippen LogP contribution is -2.07. The zero-order valence-corrected chi connectivity index (χ0v) is 11.0. The highest BCUT2D eigenvalue weighted by molar-refractivity contribution is 5.44. The summed E-state index contributed by atoms with van der Waals surface area (Å²) < 4.78 is 7.74. The van der Waals surface area contributed by atoms with Gasteiger partial charge in [0.25, 0.3) is 0 Å². The average Bonchev–Trinajstić information content (AvgIpc) is 2.98. The van der Waals surface area contributed by atoms with Crippen molar-refractivity contribution in [2.45, 2.75) is 25.4 Å². The number of aromatic nitrogens is 2. The summed E-state index contributed by atoms with van der Waals surface area (Å²) in [5.74, 6) is 0.913. The monoisotopic (exact) mass is 258 g/mol. The average molecular weight is 258 g/mol. The molecule has 100 valence electrons. The van der Waals surface area contributed by atoms with Crippen molar-refractivity contribution in [3.05, 3.63) is 47.3 Å². The van der Waals surface area contributed by atoms with E-state index in [1.54, 1.807) is 6.20 Å². The van der Waals surface area contributed by atoms with Crippen LogP contribution in [0.1, 0.15) is 29.3 Å². The fraction of sp³-hybridized carbons (Fsp3) is 0.400. The number of aliphatic hydroxyl groups is 1. The van der Waals surface area contributed by atoms with E-state index >= 15 is 0 Å². The molecule has 1 heterocycles. The summed E-state index contributed by atoms with van der Waals surface area (Å²) in [6, 6.07) is 7.93. The Bertz CT molecular complexity index is 577. The van der Waals surface area contributed by atoms with E-state index in [-0.39, 0.29) is 6.10 Å². The van der Waals surface area contributed by atoms with Gasteiger partial charge in [-0.3, -0.25) is 4.68 Å². The van der Waals surface area contributed by atoms with Crippen LogP contribution in [0.2, 0.25) is 0 Å². The molecule has 1 atom stereocenters. The van der Waals surface area contributed by atoms with Crippen LogP contribution in [0.25, 0.3) is 0 Å². The van der Waals surface area contributed by atoms with Crippen molar-refractivity contribution >= 4 is 0 Å². The summed E-state index contributed by atoms with van der Waals surface area (Å²) in [5.41, 5.74) is 3.35. The first-order chi connectivity index (χ1) is 9.25. The second-order valence-electron chi connectivity index (χ2n) is 4.92. The van der Waals surface area contributed by atoms with Crippen LogP contribution in [-0.4, -0.2) is 21.5 Å². The highest BCUT2D eigenvalue weighted by atomic mass is 16.5. The van der Waals surface area contributed by atoms with Gasteiger partial charge in [-0.1, -0.05) is 12.1 Å². The molecule has 0 fully saturated rings. The number of fused-ring (bicyclic) bond motifs is 1. The predicted octanol–water partition coefficient (Wildman–Crippen LogP) is 2.02. The van der Waals surface area contributed by atoms with Gasteiger partial charge in [0.2, 0.25) is 0 Å². The van der Waals surface area contributed by atoms with Crippen molar-refractivity contribution in [2.24, 2.45) is 7.05 Å². The van der Waals surface area contributed by atoms with Gasteiger partial charge in [-0.05, 0) is 30.5 Å². The lowest BCUT2D eigenvalue weighted by atomic mass is 10.1. The topological polar surface area (TPSA) is 47.3 Å². The second-order valence-corrected chi connectivity index (χ2v) is 4.92. The van der Waals surface area contributed by atoms with Gasteiger partial charge in [0.15, 0.2) is 0 Å². The lowest BCUT2D eigenvalue weighted by molar-refractivity contribution is 0.180. The standard InChI is InChI=1S/C15H18N2O2/c1-17-11(7-9-16-17)8-10-19-15-4-2-3-12-13(15)5-6-14(12)18/h2-4,7,9,14,18H,5-6,8,10H2,1H3. The van der Waals surface area contributed by atoms with Crippen LogP contribution in [0.15, 0.2) is 30.5 Å². The number of hydrogen-bond donors (Lipinski definition) is 1. The van der Waals surface area contributed by atoms with Crippen LogP contribution in [0.3, 0.4) is 0 Å². The Morgan fingerprint density at radius 1 is 1.42 bits per heavy atom. The molecule has 1 aliphatic carbocycles. The van der Waals surface area contributed by atoms with Crippen molar-refractivity contribution in [1.29, 1.82) is 0 Å². The Balaban J connectivity index is 1.67. The first kappa shape index (κ1) is 12.2. The molecule has 2 aromatic rings. The smallest absolute Gasteiger partial charge is 0.122 e. The van der Waals surface area contributed by atoms with Crippen molar-refractivity contribution in [3.8, 4) is 5.75 Å². The summed E-state index contributed by atoms with van der Waals surface area (Å²) >= 11 is 0. The molecule has 0 aliphatic heterocycles. The number of aryl methyl sites for hydroxylation is 1. The molecule has 0 saturated carbocycles. The number of benzene rings is 1. The lowest BCUT2D eigenvalue weighted by Gasteiger charge is -2.11. The van der Waals surface area contributed by atoms with Gasteiger partial charge in [-0.2, -0.15) is 5.10 Å². The number of ether oxygens (including phenoxy) is 1. The number of aliphatic hydroxyl groups excluding tert-OH is 1. The van der Waals surface area contributed by atoms with E-state index in [1.807, 2.05) is 36.0 Å². The van der Waals surface area contributed by atoms with Gasteiger partial charge in [0.1, 0.15) is 5.75 Å². The Kier molecular flexibility index (Phi) is 3.25. The molecule has 0 spiro atoms. The molecule has 1 unspecified atom stereocenters. The van der Waals surface area contributed by atoms with Crippen LogP contribution in [0, 0.1) is 0 Å². The molecular weight excluding hydrogens is 240 g/mol. The van der Waals surface area contributed by atoms with Gasteiger partial charge in [-0.15, -0.1) is 0 Å². The Morgan fingerprint density at radius 3 is 3.11 bits per heavy atom. The van der Waals surface area contributed by atoms with Gasteiger partial charge in [0.05, 0.1) is 12.7 Å². The van der Waals surface area contributed by atoms with Crippen LogP contribution >= 0.6 is 0 Å². The number of hydrogen-bond acceptors (Lipinski definition) is 3. The highest BCUT2D eigenvalue weighted by Crippen LogP contribution is 2.36. The Labute approximate surface area is 112 Å². The van der Waals surface area contributed by atoms with Crippen molar-refractivity contribution in [1.82, 2.24) is 9.78 Å². The molecule has 1 aromatic heterocycles. The van der Waals surface area contributed by atoms with Gasteiger partial charge < -0.3 is 9.84 Å². The quantitative estimate of drug-likeness (QED) is 0.912. The van der Waals surface area contributed by atoms with E-state index in [1.165, 1.54) is 5.56 Å². The first-order valence-corrected chi connectivity index (χ1v) is 6.65. The van der Waals surface area contributed by atoms with E-state index in [2.05, 4.69) is 5.10 Å². The molecule has 0 saturated heterocycles. The van der Waals surface area contributed by atoms with Gasteiger partial charge >= 0.3 is 0 Å². The molecule has 1 aliphatic rings. The Morgan fingerprint density at radius 2 is 2.32 bits per heavy atom. The minimum absolute atomic E-state index is 0.323. The first-order valence-electron chi connectivity index (χ1n) is 6.65. The van der Waals surface area contributed by atoms with Crippen molar-refractivity contribution in [2.75, 3.05) is 6.61 Å². The molecule has 0 radical (unpaired) electrons. The summed E-state index contributed by atoms with van der Waals surface area (Å²) in [5, 5.41) is 14.0. The van der Waals surface area contributed by atoms with Gasteiger partial charge in [0, 0.05) is 30.9 Å². The highest BCUT2D eigenvalue weighted by Gasteiger charge is 2.23. The molecule has 3 rings (SSSR count). The van der Waals surface area contributed by atoms with Crippen LogP contribution in [-0.2, 0) is 19.9 Å². The number of nitrogens with zero attached hydrogens (tertiary/aromatic N) is 2. The molecule has 1 aromatic carbocycles. The Hall–Kier alpha value is -1.81. The second kappa shape index (κ2) is 5.05. The minimum atomic E-state index is -0.323. The maximum atomic E-state index is 9.85. The van der Waals surface area contributed by atoms with Crippen molar-refractivity contribution in [3.63, 3.8) is 0 Å². The zero-order valence-electron chi connectivity index (χ0n) is 11.0. The van der Waals surface area contributed by atoms with E-state index in [0.717, 1.165) is 36.3 Å². The molecule has 19 heavy (non-hydrogen) atoms. The summed E-state index contributed by atoms with van der Waals surface area (Å²) in [6.07, 6.45) is 4.01. The van der Waals surface area contributed by atoms with Crippen molar-refractivity contribution < 1.29 is 9.84 Å². The van der Waals surface area contributed by atoms with Gasteiger partial charge in [-0.25, -0.2) is 0 Å². The fourth-order valence-electron chi connectivity index (χ4n) is 2.65. The maximum Gasteiger partial charge on any atom is 0.122 e. The summed E-state index contributed by atoms with van der Waals surface area (Å²) in [4.78, 5) is 0. The SMILES string of the molecule is Cn1nccc1CCOc1cccc2c1CCC2O. The maximum absolute atomic E-state index is 9.85.